The molecule has 0 amide bonds. The van der Waals surface area contributed by atoms with Crippen molar-refractivity contribution in [1.29, 1.82) is 0 Å². The summed E-state index contributed by atoms with van der Waals surface area (Å²) in [7, 11) is 0. The Labute approximate surface area is 322 Å². The van der Waals surface area contributed by atoms with E-state index in [1.807, 2.05) is 0 Å². The summed E-state index contributed by atoms with van der Waals surface area (Å²) < 4.78 is 12.9. The minimum Gasteiger partial charge on any atom is -0.456 e. The van der Waals surface area contributed by atoms with E-state index < -0.39 is 0 Å². The molecule has 2 nitrogen and oxygen atoms in total. The third kappa shape index (κ3) is 4.90. The predicted octanol–water partition coefficient (Wildman–Crippen LogP) is 15.6. The lowest BCUT2D eigenvalue weighted by molar-refractivity contribution is 0.656. The molecule has 0 N–H and O–H groups in total. The van der Waals surface area contributed by atoms with Gasteiger partial charge in [-0.2, -0.15) is 0 Å². The fraction of sp³-hybridized carbons (Fsp3) is 0. The average Bonchev–Trinajstić information content (AvgIpc) is 3.81. The average molecular weight is 713 g/mol. The van der Waals surface area contributed by atoms with Gasteiger partial charge in [0.15, 0.2) is 0 Å². The Bertz CT molecular complexity index is 3530. The highest BCUT2D eigenvalue weighted by molar-refractivity contribution is 6.17. The summed E-state index contributed by atoms with van der Waals surface area (Å²) in [4.78, 5) is 0. The minimum absolute atomic E-state index is 0.824. The van der Waals surface area contributed by atoms with Crippen molar-refractivity contribution in [2.24, 2.45) is 0 Å². The molecule has 0 bridgehead atoms. The van der Waals surface area contributed by atoms with Gasteiger partial charge in [0.1, 0.15) is 22.3 Å². The normalized spacial score (nSPS) is 11.9. The Balaban J connectivity index is 0.944. The standard InChI is InChI=1S/C54H32O2/c1-2-9-33(10-3-1)35-17-18-37-26-38(20-19-36(37)25-35)40-22-24-52-48(29-40)50-31-49-47-28-39(21-23-51(47)55-53(49)32-54(50)56-52)34-12-8-13-41(27-34)46-30-42-11-4-5-14-43(42)44-15-6-7-16-45(44)46/h1-32H. The van der Waals surface area contributed by atoms with Crippen molar-refractivity contribution in [2.75, 3.05) is 0 Å². The van der Waals surface area contributed by atoms with Gasteiger partial charge in [0.05, 0.1) is 0 Å². The Morgan fingerprint density at radius 2 is 0.714 bits per heavy atom. The Hall–Kier alpha value is -7.42. The molecule has 12 aromatic rings. The van der Waals surface area contributed by atoms with Crippen LogP contribution < -0.4 is 0 Å². The maximum Gasteiger partial charge on any atom is 0.139 e. The molecule has 0 aliphatic carbocycles. The van der Waals surface area contributed by atoms with Crippen molar-refractivity contribution in [1.82, 2.24) is 0 Å². The van der Waals surface area contributed by atoms with Crippen molar-refractivity contribution >= 4 is 76.2 Å². The van der Waals surface area contributed by atoms with Gasteiger partial charge in [0, 0.05) is 27.6 Å². The molecular formula is C54H32O2. The van der Waals surface area contributed by atoms with Crippen LogP contribution in [0.4, 0.5) is 0 Å². The molecule has 2 aromatic heterocycles. The van der Waals surface area contributed by atoms with E-state index in [-0.39, 0.29) is 0 Å². The third-order valence-electron chi connectivity index (χ3n) is 11.6. The van der Waals surface area contributed by atoms with Gasteiger partial charge in [0.2, 0.25) is 0 Å². The molecule has 0 fully saturated rings. The van der Waals surface area contributed by atoms with E-state index in [2.05, 4.69) is 194 Å². The molecule has 0 saturated heterocycles. The second-order valence-corrected chi connectivity index (χ2v) is 14.9. The highest BCUT2D eigenvalue weighted by atomic mass is 16.3. The van der Waals surface area contributed by atoms with Crippen LogP contribution in [0, 0.1) is 0 Å². The molecule has 0 atom stereocenters. The fourth-order valence-corrected chi connectivity index (χ4v) is 8.80. The number of rotatable bonds is 4. The Morgan fingerprint density at radius 3 is 1.41 bits per heavy atom. The van der Waals surface area contributed by atoms with E-state index in [9.17, 15) is 0 Å². The first-order valence-electron chi connectivity index (χ1n) is 19.1. The predicted molar refractivity (Wildman–Crippen MR) is 235 cm³/mol. The van der Waals surface area contributed by atoms with Gasteiger partial charge in [-0.3, -0.25) is 0 Å². The molecule has 56 heavy (non-hydrogen) atoms. The first kappa shape index (κ1) is 31.0. The van der Waals surface area contributed by atoms with Crippen LogP contribution in [-0.2, 0) is 0 Å². The molecule has 0 aliphatic rings. The lowest BCUT2D eigenvalue weighted by Crippen LogP contribution is -1.86. The lowest BCUT2D eigenvalue weighted by atomic mass is 9.91. The zero-order valence-corrected chi connectivity index (χ0v) is 30.3. The summed E-state index contributed by atoms with van der Waals surface area (Å²) in [5, 5.41) is 11.9. The van der Waals surface area contributed by atoms with Crippen molar-refractivity contribution in [3.63, 3.8) is 0 Å². The van der Waals surface area contributed by atoms with Crippen LogP contribution in [0.1, 0.15) is 0 Å². The molecule has 0 unspecified atom stereocenters. The summed E-state index contributed by atoms with van der Waals surface area (Å²) in [5.74, 6) is 0. The topological polar surface area (TPSA) is 26.3 Å². The monoisotopic (exact) mass is 712 g/mol. The van der Waals surface area contributed by atoms with E-state index in [0.717, 1.165) is 55.0 Å². The summed E-state index contributed by atoms with van der Waals surface area (Å²) in [6, 6.07) is 70.0. The molecule has 2 heterocycles. The van der Waals surface area contributed by atoms with Crippen LogP contribution in [0.5, 0.6) is 0 Å². The molecule has 0 spiro atoms. The van der Waals surface area contributed by atoms with Crippen molar-refractivity contribution in [3.8, 4) is 44.5 Å². The maximum absolute atomic E-state index is 6.44. The SMILES string of the molecule is c1ccc(-c2ccc3cc(-c4ccc5oc6cc7oc8ccc(-c9cccc(-c%10cc%11ccccc%11c%11ccccc%10%11)c9)cc8c7cc6c5c4)ccc3c2)cc1. The van der Waals surface area contributed by atoms with Gasteiger partial charge in [-0.25, -0.2) is 0 Å². The number of benzene rings is 10. The Morgan fingerprint density at radius 1 is 0.214 bits per heavy atom. The number of hydrogen-bond donors (Lipinski definition) is 0. The molecule has 12 rings (SSSR count). The molecule has 2 heteroatoms. The first-order valence-corrected chi connectivity index (χ1v) is 19.1. The summed E-state index contributed by atoms with van der Waals surface area (Å²) in [6.45, 7) is 0. The molecule has 0 saturated carbocycles. The van der Waals surface area contributed by atoms with Crippen molar-refractivity contribution in [2.45, 2.75) is 0 Å². The third-order valence-corrected chi connectivity index (χ3v) is 11.6. The van der Waals surface area contributed by atoms with Crippen LogP contribution in [0.25, 0.3) is 121 Å². The number of hydrogen-bond acceptors (Lipinski definition) is 2. The van der Waals surface area contributed by atoms with E-state index in [1.54, 1.807) is 0 Å². The quantitative estimate of drug-likeness (QED) is 0.170. The maximum atomic E-state index is 6.44. The largest absolute Gasteiger partial charge is 0.456 e. The van der Waals surface area contributed by atoms with Gasteiger partial charge in [-0.15, -0.1) is 0 Å². The number of fused-ring (bicyclic) bond motifs is 10. The van der Waals surface area contributed by atoms with E-state index in [4.69, 9.17) is 8.83 Å². The fourth-order valence-electron chi connectivity index (χ4n) is 8.80. The molecule has 260 valence electrons. The van der Waals surface area contributed by atoms with Crippen LogP contribution >= 0.6 is 0 Å². The van der Waals surface area contributed by atoms with Crippen LogP contribution in [0.15, 0.2) is 203 Å². The van der Waals surface area contributed by atoms with E-state index in [0.29, 0.717) is 0 Å². The number of furan rings is 2. The van der Waals surface area contributed by atoms with Gasteiger partial charge < -0.3 is 8.83 Å². The van der Waals surface area contributed by atoms with Gasteiger partial charge in [0.25, 0.3) is 0 Å². The van der Waals surface area contributed by atoms with Crippen LogP contribution in [0.2, 0.25) is 0 Å². The van der Waals surface area contributed by atoms with Crippen LogP contribution in [-0.4, -0.2) is 0 Å². The highest BCUT2D eigenvalue weighted by Crippen LogP contribution is 2.41. The van der Waals surface area contributed by atoms with Crippen molar-refractivity contribution in [3.05, 3.63) is 194 Å². The smallest absolute Gasteiger partial charge is 0.139 e. The highest BCUT2D eigenvalue weighted by Gasteiger charge is 2.16. The molecule has 0 aliphatic heterocycles. The molecule has 0 radical (unpaired) electrons. The second kappa shape index (κ2) is 12.0. The van der Waals surface area contributed by atoms with Gasteiger partial charge >= 0.3 is 0 Å². The minimum atomic E-state index is 0.824. The lowest BCUT2D eigenvalue weighted by Gasteiger charge is -2.12. The summed E-state index contributed by atoms with van der Waals surface area (Å²) in [6.07, 6.45) is 0. The zero-order chi connectivity index (χ0) is 36.7. The van der Waals surface area contributed by atoms with Crippen molar-refractivity contribution < 1.29 is 8.83 Å². The molecule has 10 aromatic carbocycles. The summed E-state index contributed by atoms with van der Waals surface area (Å²) in [5.41, 5.74) is 12.9. The van der Waals surface area contributed by atoms with Crippen LogP contribution in [0.3, 0.4) is 0 Å². The second-order valence-electron chi connectivity index (χ2n) is 14.9. The van der Waals surface area contributed by atoms with E-state index >= 15 is 0 Å². The molecular weight excluding hydrogens is 681 g/mol. The van der Waals surface area contributed by atoms with Gasteiger partial charge in [-0.05, 0) is 131 Å². The van der Waals surface area contributed by atoms with E-state index in [1.165, 1.54) is 65.7 Å². The first-order chi connectivity index (χ1) is 27.7. The van der Waals surface area contributed by atoms with Gasteiger partial charge in [-0.1, -0.05) is 133 Å². The Kier molecular flexibility index (Phi) is 6.66. The zero-order valence-electron chi connectivity index (χ0n) is 30.3. The summed E-state index contributed by atoms with van der Waals surface area (Å²) >= 11 is 0.